The first-order valence-electron chi connectivity index (χ1n) is 7.37. The summed E-state index contributed by atoms with van der Waals surface area (Å²) >= 11 is 0. The van der Waals surface area contributed by atoms with Crippen LogP contribution in [0.4, 0.5) is 0 Å². The largest absolute Gasteiger partial charge is 0.311 e. The summed E-state index contributed by atoms with van der Waals surface area (Å²) in [5.41, 5.74) is 0. The molecule has 1 heteroatoms. The SMILES string of the molecule is CCC1CCCC(NC(C)CC(C)C)CC1. The van der Waals surface area contributed by atoms with Crippen LogP contribution in [0.25, 0.3) is 0 Å². The van der Waals surface area contributed by atoms with Crippen LogP contribution in [0.3, 0.4) is 0 Å². The minimum absolute atomic E-state index is 0.697. The smallest absolute Gasteiger partial charge is 0.00696 e. The average molecular weight is 225 g/mol. The summed E-state index contributed by atoms with van der Waals surface area (Å²) < 4.78 is 0. The Labute approximate surface area is 102 Å². The van der Waals surface area contributed by atoms with Gasteiger partial charge < -0.3 is 5.32 Å². The molecule has 1 nitrogen and oxygen atoms in total. The van der Waals surface area contributed by atoms with Gasteiger partial charge in [0.15, 0.2) is 0 Å². The van der Waals surface area contributed by atoms with E-state index in [4.69, 9.17) is 0 Å². The van der Waals surface area contributed by atoms with E-state index >= 15 is 0 Å². The van der Waals surface area contributed by atoms with E-state index in [0.29, 0.717) is 6.04 Å². The maximum absolute atomic E-state index is 3.83. The maximum atomic E-state index is 3.83. The second-order valence-corrected chi connectivity index (χ2v) is 6.18. The van der Waals surface area contributed by atoms with Crippen molar-refractivity contribution in [2.75, 3.05) is 0 Å². The van der Waals surface area contributed by atoms with Crippen LogP contribution in [-0.4, -0.2) is 12.1 Å². The monoisotopic (exact) mass is 225 g/mol. The molecule has 0 radical (unpaired) electrons. The summed E-state index contributed by atoms with van der Waals surface area (Å²) in [6.07, 6.45) is 9.85. The lowest BCUT2D eigenvalue weighted by Gasteiger charge is -2.23. The van der Waals surface area contributed by atoms with Crippen molar-refractivity contribution in [3.05, 3.63) is 0 Å². The summed E-state index contributed by atoms with van der Waals surface area (Å²) in [5.74, 6) is 1.82. The molecular formula is C15H31N. The van der Waals surface area contributed by atoms with Crippen LogP contribution in [0.2, 0.25) is 0 Å². The number of hydrogen-bond donors (Lipinski definition) is 1. The molecule has 3 atom stereocenters. The van der Waals surface area contributed by atoms with Crippen LogP contribution in [0.15, 0.2) is 0 Å². The van der Waals surface area contributed by atoms with Crippen molar-refractivity contribution < 1.29 is 0 Å². The molecule has 0 bridgehead atoms. The zero-order chi connectivity index (χ0) is 12.0. The number of nitrogens with one attached hydrogen (secondary N) is 1. The molecule has 0 amide bonds. The Morgan fingerprint density at radius 2 is 1.81 bits per heavy atom. The van der Waals surface area contributed by atoms with E-state index in [1.807, 2.05) is 0 Å². The minimum Gasteiger partial charge on any atom is -0.311 e. The van der Waals surface area contributed by atoms with Gasteiger partial charge in [0.1, 0.15) is 0 Å². The van der Waals surface area contributed by atoms with E-state index < -0.39 is 0 Å². The molecule has 0 heterocycles. The minimum atomic E-state index is 0.697. The first kappa shape index (κ1) is 14.0. The molecule has 0 aromatic carbocycles. The van der Waals surface area contributed by atoms with Gasteiger partial charge in [-0.15, -0.1) is 0 Å². The highest BCUT2D eigenvalue weighted by atomic mass is 14.9. The summed E-state index contributed by atoms with van der Waals surface area (Å²) in [6, 6.07) is 1.49. The third-order valence-corrected chi connectivity index (χ3v) is 4.01. The van der Waals surface area contributed by atoms with E-state index in [-0.39, 0.29) is 0 Å². The molecule has 96 valence electrons. The zero-order valence-corrected chi connectivity index (χ0v) is 11.8. The van der Waals surface area contributed by atoms with Crippen molar-refractivity contribution in [1.82, 2.24) is 5.32 Å². The van der Waals surface area contributed by atoms with E-state index in [9.17, 15) is 0 Å². The van der Waals surface area contributed by atoms with E-state index in [0.717, 1.165) is 17.9 Å². The second kappa shape index (κ2) is 7.32. The molecule has 1 rings (SSSR count). The van der Waals surface area contributed by atoms with Gasteiger partial charge >= 0.3 is 0 Å². The average Bonchev–Trinajstić information content (AvgIpc) is 2.41. The summed E-state index contributed by atoms with van der Waals surface area (Å²) in [4.78, 5) is 0. The Morgan fingerprint density at radius 1 is 1.06 bits per heavy atom. The topological polar surface area (TPSA) is 12.0 Å². The molecule has 16 heavy (non-hydrogen) atoms. The second-order valence-electron chi connectivity index (χ2n) is 6.18. The van der Waals surface area contributed by atoms with Crippen LogP contribution in [0, 0.1) is 11.8 Å². The fraction of sp³-hybridized carbons (Fsp3) is 1.00. The standard InChI is InChI=1S/C15H31N/c1-5-14-7-6-8-15(10-9-14)16-13(4)11-12(2)3/h12-16H,5-11H2,1-4H3. The normalized spacial score (nSPS) is 29.1. The van der Waals surface area contributed by atoms with Gasteiger partial charge in [-0.3, -0.25) is 0 Å². The van der Waals surface area contributed by atoms with Gasteiger partial charge in [0.2, 0.25) is 0 Å². The van der Waals surface area contributed by atoms with Gasteiger partial charge in [0.25, 0.3) is 0 Å². The van der Waals surface area contributed by atoms with Crippen LogP contribution < -0.4 is 5.32 Å². The van der Waals surface area contributed by atoms with Crippen molar-refractivity contribution in [1.29, 1.82) is 0 Å². The zero-order valence-electron chi connectivity index (χ0n) is 11.8. The highest BCUT2D eigenvalue weighted by molar-refractivity contribution is 4.77. The fourth-order valence-corrected chi connectivity index (χ4v) is 3.13. The Balaban J connectivity index is 2.26. The molecule has 1 fully saturated rings. The first-order chi connectivity index (χ1) is 7.61. The summed E-state index contributed by atoms with van der Waals surface area (Å²) in [6.45, 7) is 9.33. The third-order valence-electron chi connectivity index (χ3n) is 4.01. The van der Waals surface area contributed by atoms with Crippen molar-refractivity contribution >= 4 is 0 Å². The Bertz CT molecular complexity index is 176. The van der Waals surface area contributed by atoms with Crippen molar-refractivity contribution in [3.63, 3.8) is 0 Å². The van der Waals surface area contributed by atoms with Crippen LogP contribution in [-0.2, 0) is 0 Å². The molecule has 0 saturated heterocycles. The van der Waals surface area contributed by atoms with Crippen molar-refractivity contribution in [3.8, 4) is 0 Å². The highest BCUT2D eigenvalue weighted by Gasteiger charge is 2.19. The molecule has 1 aliphatic carbocycles. The molecule has 3 unspecified atom stereocenters. The third kappa shape index (κ3) is 5.34. The number of rotatable bonds is 5. The molecule has 0 aromatic heterocycles. The van der Waals surface area contributed by atoms with E-state index in [1.54, 1.807) is 0 Å². The van der Waals surface area contributed by atoms with Gasteiger partial charge in [0, 0.05) is 12.1 Å². The molecule has 0 spiro atoms. The summed E-state index contributed by atoms with van der Waals surface area (Å²) in [7, 11) is 0. The molecule has 1 aliphatic rings. The lowest BCUT2D eigenvalue weighted by molar-refractivity contribution is 0.360. The van der Waals surface area contributed by atoms with Gasteiger partial charge in [-0.25, -0.2) is 0 Å². The van der Waals surface area contributed by atoms with Crippen LogP contribution in [0.5, 0.6) is 0 Å². The predicted molar refractivity (Wildman–Crippen MR) is 72.7 cm³/mol. The number of hydrogen-bond acceptors (Lipinski definition) is 1. The molecule has 0 aliphatic heterocycles. The molecule has 1 saturated carbocycles. The Morgan fingerprint density at radius 3 is 2.44 bits per heavy atom. The van der Waals surface area contributed by atoms with Crippen LogP contribution in [0.1, 0.15) is 72.6 Å². The van der Waals surface area contributed by atoms with Gasteiger partial charge in [0.05, 0.1) is 0 Å². The van der Waals surface area contributed by atoms with Gasteiger partial charge in [-0.1, -0.05) is 40.0 Å². The summed E-state index contributed by atoms with van der Waals surface area (Å²) in [5, 5.41) is 3.83. The Kier molecular flexibility index (Phi) is 6.41. The molecule has 1 N–H and O–H groups in total. The van der Waals surface area contributed by atoms with Gasteiger partial charge in [-0.2, -0.15) is 0 Å². The quantitative estimate of drug-likeness (QED) is 0.685. The lowest BCUT2D eigenvalue weighted by Crippen LogP contribution is -2.36. The lowest BCUT2D eigenvalue weighted by atomic mass is 9.97. The first-order valence-corrected chi connectivity index (χ1v) is 7.37. The van der Waals surface area contributed by atoms with E-state index in [1.165, 1.54) is 44.9 Å². The highest BCUT2D eigenvalue weighted by Crippen LogP contribution is 2.25. The molecular weight excluding hydrogens is 194 g/mol. The fourth-order valence-electron chi connectivity index (χ4n) is 3.13. The van der Waals surface area contributed by atoms with E-state index in [2.05, 4.69) is 33.0 Å². The van der Waals surface area contributed by atoms with Crippen molar-refractivity contribution in [2.45, 2.75) is 84.7 Å². The predicted octanol–water partition coefficient (Wildman–Crippen LogP) is 4.37. The Hall–Kier alpha value is -0.0400. The van der Waals surface area contributed by atoms with Crippen LogP contribution >= 0.6 is 0 Å². The maximum Gasteiger partial charge on any atom is 0.00696 e. The van der Waals surface area contributed by atoms with Gasteiger partial charge in [-0.05, 0) is 44.4 Å². The van der Waals surface area contributed by atoms with Crippen molar-refractivity contribution in [2.24, 2.45) is 11.8 Å². The molecule has 0 aromatic rings.